The number of esters is 1. The average Bonchev–Trinajstić information content (AvgIpc) is 3.11. The Hall–Kier alpha value is -3.19. The van der Waals surface area contributed by atoms with Gasteiger partial charge in [0.15, 0.2) is 6.61 Å². The normalized spacial score (nSPS) is 15.1. The van der Waals surface area contributed by atoms with Gasteiger partial charge in [-0.05, 0) is 43.5 Å². The van der Waals surface area contributed by atoms with Crippen LogP contribution in [0.5, 0.6) is 0 Å². The Balaban J connectivity index is 1.54. The number of para-hydroxylation sites is 2. The zero-order chi connectivity index (χ0) is 19.9. The Labute approximate surface area is 165 Å². The molecule has 0 atom stereocenters. The summed E-state index contributed by atoms with van der Waals surface area (Å²) < 4.78 is 6.24. The molecule has 0 bridgehead atoms. The summed E-state index contributed by atoms with van der Waals surface area (Å²) in [4.78, 5) is 39.6. The van der Waals surface area contributed by atoms with E-state index in [0.717, 1.165) is 10.1 Å². The average molecular weight is 394 g/mol. The predicted molar refractivity (Wildman–Crippen MR) is 109 cm³/mol. The molecule has 28 heavy (non-hydrogen) atoms. The zero-order valence-electron chi connectivity index (χ0n) is 15.4. The monoisotopic (exact) mass is 394 g/mol. The molecule has 6 nitrogen and oxygen atoms in total. The number of fused-ring (bicyclic) bond motifs is 2. The van der Waals surface area contributed by atoms with Gasteiger partial charge in [0.1, 0.15) is 10.4 Å². The number of thiophene rings is 1. The van der Waals surface area contributed by atoms with E-state index in [0.29, 0.717) is 16.3 Å². The van der Waals surface area contributed by atoms with Gasteiger partial charge in [-0.15, -0.1) is 11.3 Å². The Kier molecular flexibility index (Phi) is 4.39. The maximum absolute atomic E-state index is 12.9. The van der Waals surface area contributed by atoms with E-state index in [9.17, 15) is 14.4 Å². The molecule has 2 aromatic carbocycles. The SMILES string of the molecule is CC1(C)C(=O)Nc2ccccc2N1C(=O)COC(=O)c1cc2ccccc2s1. The fourth-order valence-corrected chi connectivity index (χ4v) is 4.20. The molecule has 1 aliphatic heterocycles. The number of amides is 2. The van der Waals surface area contributed by atoms with Gasteiger partial charge in [-0.25, -0.2) is 4.79 Å². The number of ether oxygens (including phenoxy) is 1. The number of benzene rings is 2. The maximum atomic E-state index is 12.9. The third-order valence-corrected chi connectivity index (χ3v) is 5.81. The first-order valence-corrected chi connectivity index (χ1v) is 9.59. The van der Waals surface area contributed by atoms with Crippen LogP contribution < -0.4 is 10.2 Å². The van der Waals surface area contributed by atoms with Crippen molar-refractivity contribution in [3.63, 3.8) is 0 Å². The zero-order valence-corrected chi connectivity index (χ0v) is 16.2. The first-order chi connectivity index (χ1) is 13.4. The summed E-state index contributed by atoms with van der Waals surface area (Å²) in [6.45, 7) is 2.87. The van der Waals surface area contributed by atoms with Crippen molar-refractivity contribution in [2.45, 2.75) is 19.4 Å². The quantitative estimate of drug-likeness (QED) is 0.685. The third-order valence-electron chi connectivity index (χ3n) is 4.71. The lowest BCUT2D eigenvalue weighted by atomic mass is 9.96. The van der Waals surface area contributed by atoms with Crippen LogP contribution in [0, 0.1) is 0 Å². The molecule has 4 rings (SSSR count). The van der Waals surface area contributed by atoms with Gasteiger partial charge in [0.05, 0.1) is 11.4 Å². The van der Waals surface area contributed by atoms with Crippen molar-refractivity contribution in [3.05, 3.63) is 59.5 Å². The van der Waals surface area contributed by atoms with Crippen molar-refractivity contribution in [3.8, 4) is 0 Å². The summed E-state index contributed by atoms with van der Waals surface area (Å²) in [6.07, 6.45) is 0. The van der Waals surface area contributed by atoms with Crippen molar-refractivity contribution in [1.29, 1.82) is 0 Å². The van der Waals surface area contributed by atoms with Gasteiger partial charge in [-0.2, -0.15) is 0 Å². The molecule has 142 valence electrons. The highest BCUT2D eigenvalue weighted by Crippen LogP contribution is 2.36. The van der Waals surface area contributed by atoms with Gasteiger partial charge in [-0.3, -0.25) is 14.5 Å². The van der Waals surface area contributed by atoms with Crippen LogP contribution in [0.15, 0.2) is 54.6 Å². The summed E-state index contributed by atoms with van der Waals surface area (Å²) >= 11 is 1.32. The van der Waals surface area contributed by atoms with Crippen LogP contribution in [-0.4, -0.2) is 29.9 Å². The molecule has 0 spiro atoms. The summed E-state index contributed by atoms with van der Waals surface area (Å²) in [6, 6.07) is 16.4. The minimum Gasteiger partial charge on any atom is -0.451 e. The second kappa shape index (κ2) is 6.76. The molecule has 0 radical (unpaired) electrons. The van der Waals surface area contributed by atoms with Crippen LogP contribution >= 0.6 is 11.3 Å². The third kappa shape index (κ3) is 3.03. The molecule has 2 amide bonds. The largest absolute Gasteiger partial charge is 0.451 e. The highest BCUT2D eigenvalue weighted by Gasteiger charge is 2.43. The van der Waals surface area contributed by atoms with Crippen molar-refractivity contribution in [2.24, 2.45) is 0 Å². The standard InChI is InChI=1S/C21H18N2O4S/c1-21(2)20(26)22-14-8-4-5-9-15(14)23(21)18(24)12-27-19(25)17-11-13-7-3-6-10-16(13)28-17/h3-11H,12H2,1-2H3,(H,22,26). The topological polar surface area (TPSA) is 75.7 Å². The van der Waals surface area contributed by atoms with Crippen LogP contribution in [0.4, 0.5) is 11.4 Å². The van der Waals surface area contributed by atoms with E-state index < -0.39 is 24.0 Å². The number of anilines is 2. The summed E-state index contributed by atoms with van der Waals surface area (Å²) in [5.74, 6) is -1.31. The van der Waals surface area contributed by atoms with E-state index in [4.69, 9.17) is 4.74 Å². The minimum atomic E-state index is -1.10. The van der Waals surface area contributed by atoms with Crippen LogP contribution in [0.1, 0.15) is 23.5 Å². The summed E-state index contributed by atoms with van der Waals surface area (Å²) in [5, 5.41) is 3.75. The van der Waals surface area contributed by atoms with E-state index in [1.807, 2.05) is 24.3 Å². The number of carbonyl (C=O) groups is 3. The molecular weight excluding hydrogens is 376 g/mol. The number of nitrogens with zero attached hydrogens (tertiary/aromatic N) is 1. The number of rotatable bonds is 3. The second-order valence-corrected chi connectivity index (χ2v) is 8.07. The molecule has 1 aliphatic rings. The lowest BCUT2D eigenvalue weighted by Crippen LogP contribution is -2.59. The van der Waals surface area contributed by atoms with Crippen molar-refractivity contribution >= 4 is 50.6 Å². The van der Waals surface area contributed by atoms with E-state index in [1.54, 1.807) is 44.2 Å². The summed E-state index contributed by atoms with van der Waals surface area (Å²) in [7, 11) is 0. The van der Waals surface area contributed by atoms with Crippen LogP contribution in [0.3, 0.4) is 0 Å². The minimum absolute atomic E-state index is 0.296. The lowest BCUT2D eigenvalue weighted by Gasteiger charge is -2.41. The van der Waals surface area contributed by atoms with E-state index in [2.05, 4.69) is 5.32 Å². The van der Waals surface area contributed by atoms with Gasteiger partial charge in [-0.1, -0.05) is 30.3 Å². The first kappa shape index (κ1) is 18.2. The number of carbonyl (C=O) groups excluding carboxylic acids is 3. The highest BCUT2D eigenvalue weighted by molar-refractivity contribution is 7.20. The van der Waals surface area contributed by atoms with Gasteiger partial charge < -0.3 is 10.1 Å². The smallest absolute Gasteiger partial charge is 0.348 e. The molecule has 3 aromatic rings. The van der Waals surface area contributed by atoms with E-state index in [-0.39, 0.29) is 5.91 Å². The maximum Gasteiger partial charge on any atom is 0.348 e. The molecule has 0 saturated carbocycles. The molecule has 7 heteroatoms. The Bertz CT molecular complexity index is 1070. The molecule has 2 heterocycles. The van der Waals surface area contributed by atoms with Gasteiger partial charge in [0, 0.05) is 4.70 Å². The van der Waals surface area contributed by atoms with Gasteiger partial charge in [0.2, 0.25) is 5.91 Å². The Morgan fingerprint density at radius 2 is 1.82 bits per heavy atom. The van der Waals surface area contributed by atoms with Crippen LogP contribution in [0.25, 0.3) is 10.1 Å². The fourth-order valence-electron chi connectivity index (χ4n) is 3.24. The Morgan fingerprint density at radius 1 is 1.11 bits per heavy atom. The van der Waals surface area contributed by atoms with E-state index >= 15 is 0 Å². The van der Waals surface area contributed by atoms with Crippen molar-refractivity contribution in [1.82, 2.24) is 0 Å². The molecule has 0 aliphatic carbocycles. The highest BCUT2D eigenvalue weighted by atomic mass is 32.1. The van der Waals surface area contributed by atoms with Crippen LogP contribution in [0.2, 0.25) is 0 Å². The molecule has 0 saturated heterocycles. The number of hydrogen-bond acceptors (Lipinski definition) is 5. The second-order valence-electron chi connectivity index (χ2n) is 6.98. The fraction of sp³-hybridized carbons (Fsp3) is 0.190. The molecule has 0 fully saturated rings. The van der Waals surface area contributed by atoms with Gasteiger partial charge >= 0.3 is 5.97 Å². The first-order valence-electron chi connectivity index (χ1n) is 8.77. The lowest BCUT2D eigenvalue weighted by molar-refractivity contribution is -0.128. The molecule has 1 N–H and O–H groups in total. The summed E-state index contributed by atoms with van der Waals surface area (Å²) in [5.41, 5.74) is 0.0288. The van der Waals surface area contributed by atoms with Crippen molar-refractivity contribution < 1.29 is 19.1 Å². The Morgan fingerprint density at radius 3 is 2.61 bits per heavy atom. The van der Waals surface area contributed by atoms with Gasteiger partial charge in [0.25, 0.3) is 5.91 Å². The molecular formula is C21H18N2O4S. The number of hydrogen-bond donors (Lipinski definition) is 1. The molecule has 0 unspecified atom stereocenters. The van der Waals surface area contributed by atoms with Crippen LogP contribution in [-0.2, 0) is 14.3 Å². The predicted octanol–water partition coefficient (Wildman–Crippen LogP) is 3.82. The molecule has 1 aromatic heterocycles. The number of nitrogens with one attached hydrogen (secondary N) is 1. The van der Waals surface area contributed by atoms with E-state index in [1.165, 1.54) is 16.2 Å². The van der Waals surface area contributed by atoms with Crippen molar-refractivity contribution in [2.75, 3.05) is 16.8 Å².